The molecule has 4 nitrogen and oxygen atoms in total. The second-order valence-electron chi connectivity index (χ2n) is 6.15. The van der Waals surface area contributed by atoms with E-state index in [9.17, 15) is 4.79 Å². The first-order valence-corrected chi connectivity index (χ1v) is 9.73. The van der Waals surface area contributed by atoms with Crippen molar-refractivity contribution in [2.45, 2.75) is 20.3 Å². The van der Waals surface area contributed by atoms with Crippen molar-refractivity contribution in [2.75, 3.05) is 19.8 Å². The third-order valence-corrected chi connectivity index (χ3v) is 4.10. The van der Waals surface area contributed by atoms with Crippen molar-refractivity contribution < 1.29 is 19.0 Å². The van der Waals surface area contributed by atoms with Gasteiger partial charge in [0.25, 0.3) is 0 Å². The molecular weight excluding hydrogens is 364 g/mol. The van der Waals surface area contributed by atoms with Crippen molar-refractivity contribution in [1.29, 1.82) is 0 Å². The van der Waals surface area contributed by atoms with Crippen LogP contribution in [0.1, 0.15) is 35.3 Å². The maximum atomic E-state index is 12.7. The van der Waals surface area contributed by atoms with Crippen molar-refractivity contribution in [1.82, 2.24) is 0 Å². The molecule has 29 heavy (non-hydrogen) atoms. The summed E-state index contributed by atoms with van der Waals surface area (Å²) in [4.78, 5) is 12.7. The van der Waals surface area contributed by atoms with E-state index in [0.717, 1.165) is 16.9 Å². The highest BCUT2D eigenvalue weighted by molar-refractivity contribution is 6.07. The Bertz CT molecular complexity index is 863. The molecule has 0 N–H and O–H groups in total. The fraction of sp³-hybridized carbons (Fsp3) is 0.240. The molecule has 0 aliphatic carbocycles. The number of hydrogen-bond acceptors (Lipinski definition) is 4. The molecule has 0 atom stereocenters. The zero-order chi connectivity index (χ0) is 21.1. The van der Waals surface area contributed by atoms with E-state index in [1.165, 1.54) is 6.08 Å². The molecule has 2 aromatic carbocycles. The van der Waals surface area contributed by atoms with Crippen LogP contribution in [0.2, 0.25) is 0 Å². The lowest BCUT2D eigenvalue weighted by Gasteiger charge is -2.16. The third kappa shape index (κ3) is 6.11. The monoisotopic (exact) mass is 392 g/mol. The highest BCUT2D eigenvalue weighted by Crippen LogP contribution is 2.34. The summed E-state index contributed by atoms with van der Waals surface area (Å²) < 4.78 is 17.1. The Hall–Kier alpha value is -3.27. The topological polar surface area (TPSA) is 44.8 Å². The van der Waals surface area contributed by atoms with Crippen LogP contribution in [0.15, 0.2) is 67.8 Å². The smallest absolute Gasteiger partial charge is 0.185 e. The number of ketones is 1. The Morgan fingerprint density at radius 2 is 1.66 bits per heavy atom. The van der Waals surface area contributed by atoms with Crippen LogP contribution >= 0.6 is 0 Å². The van der Waals surface area contributed by atoms with Gasteiger partial charge in [0.05, 0.1) is 18.8 Å². The Morgan fingerprint density at radius 1 is 0.931 bits per heavy atom. The number of carbonyl (C=O) groups is 1. The molecule has 0 saturated heterocycles. The van der Waals surface area contributed by atoms with Gasteiger partial charge in [-0.3, -0.25) is 4.79 Å². The fourth-order valence-electron chi connectivity index (χ4n) is 2.82. The maximum Gasteiger partial charge on any atom is 0.185 e. The van der Waals surface area contributed by atoms with E-state index in [-0.39, 0.29) is 5.78 Å². The first-order valence-electron chi connectivity index (χ1n) is 9.73. The van der Waals surface area contributed by atoms with E-state index in [1.54, 1.807) is 36.4 Å². The number of ether oxygens (including phenoxy) is 3. The van der Waals surface area contributed by atoms with Gasteiger partial charge >= 0.3 is 0 Å². The Balaban J connectivity index is 2.33. The lowest BCUT2D eigenvalue weighted by molar-refractivity contribution is 0.104. The summed E-state index contributed by atoms with van der Waals surface area (Å²) in [6.45, 7) is 12.7. The zero-order valence-corrected chi connectivity index (χ0v) is 17.1. The summed E-state index contributed by atoms with van der Waals surface area (Å²) in [7, 11) is 0. The number of benzene rings is 2. The van der Waals surface area contributed by atoms with Crippen molar-refractivity contribution in [3.05, 3.63) is 84.5 Å². The average molecular weight is 392 g/mol. The van der Waals surface area contributed by atoms with Gasteiger partial charge in [0.2, 0.25) is 0 Å². The van der Waals surface area contributed by atoms with Gasteiger partial charge in [-0.15, -0.1) is 6.58 Å². The molecule has 152 valence electrons. The summed E-state index contributed by atoms with van der Waals surface area (Å²) in [5.41, 5.74) is 2.33. The van der Waals surface area contributed by atoms with Crippen LogP contribution in [0.3, 0.4) is 0 Å². The van der Waals surface area contributed by atoms with Crippen LogP contribution < -0.4 is 14.2 Å². The van der Waals surface area contributed by atoms with E-state index in [2.05, 4.69) is 13.2 Å². The van der Waals surface area contributed by atoms with Gasteiger partial charge in [0.15, 0.2) is 5.78 Å². The van der Waals surface area contributed by atoms with Crippen molar-refractivity contribution >= 4 is 11.9 Å². The molecule has 0 aliphatic heterocycles. The highest BCUT2D eigenvalue weighted by atomic mass is 16.5. The molecular formula is C25H28O4. The number of carbonyl (C=O) groups excluding carboxylic acids is 1. The molecule has 0 saturated carbocycles. The fourth-order valence-corrected chi connectivity index (χ4v) is 2.82. The van der Waals surface area contributed by atoms with Gasteiger partial charge in [-0.1, -0.05) is 24.8 Å². The quantitative estimate of drug-likeness (QED) is 0.265. The predicted molar refractivity (Wildman–Crippen MR) is 118 cm³/mol. The molecule has 0 aliphatic rings. The Morgan fingerprint density at radius 3 is 2.28 bits per heavy atom. The Labute approximate surface area is 173 Å². The van der Waals surface area contributed by atoms with Crippen LogP contribution in [-0.4, -0.2) is 25.6 Å². The Kier molecular flexibility index (Phi) is 8.77. The van der Waals surface area contributed by atoms with Crippen molar-refractivity contribution in [2.24, 2.45) is 0 Å². The molecule has 0 bridgehead atoms. The molecule has 2 rings (SSSR count). The van der Waals surface area contributed by atoms with E-state index in [4.69, 9.17) is 14.2 Å². The molecule has 0 spiro atoms. The van der Waals surface area contributed by atoms with Gasteiger partial charge < -0.3 is 14.2 Å². The molecule has 4 heteroatoms. The minimum absolute atomic E-state index is 0.112. The van der Waals surface area contributed by atoms with Gasteiger partial charge in [0.1, 0.15) is 23.9 Å². The lowest BCUT2D eigenvalue weighted by atomic mass is 10.0. The lowest BCUT2D eigenvalue weighted by Crippen LogP contribution is -2.03. The summed E-state index contributed by atoms with van der Waals surface area (Å²) >= 11 is 0. The van der Waals surface area contributed by atoms with Gasteiger partial charge in [-0.25, -0.2) is 0 Å². The second kappa shape index (κ2) is 11.5. The molecule has 0 amide bonds. The first kappa shape index (κ1) is 22.0. The summed E-state index contributed by atoms with van der Waals surface area (Å²) in [5, 5.41) is 0. The van der Waals surface area contributed by atoms with Crippen molar-refractivity contribution in [3.8, 4) is 17.2 Å². The standard InChI is InChI=1S/C25H28O4/c1-5-9-20-12-17-24(27-7-3)22(25(20)28-8-4)15-16-23(26)19-10-13-21(14-11-19)29-18-6-2/h5-6,10-17H,1-2,7-9,18H2,3-4H3/b16-15+. The SMILES string of the molecule is C=CCOc1ccc(C(=O)/C=C/c2c(OCC)ccc(CC=C)c2OCC)cc1. The first-order chi connectivity index (χ1) is 14.1. The summed E-state index contributed by atoms with van der Waals surface area (Å²) in [5.74, 6) is 1.98. The van der Waals surface area contributed by atoms with Crippen molar-refractivity contribution in [3.63, 3.8) is 0 Å². The molecule has 0 unspecified atom stereocenters. The van der Waals surface area contributed by atoms with E-state index in [1.807, 2.05) is 32.1 Å². The van der Waals surface area contributed by atoms with E-state index in [0.29, 0.717) is 43.3 Å². The van der Waals surface area contributed by atoms with Crippen LogP contribution in [0.5, 0.6) is 17.2 Å². The average Bonchev–Trinajstić information content (AvgIpc) is 2.74. The number of allylic oxidation sites excluding steroid dienone is 2. The van der Waals surface area contributed by atoms with E-state index < -0.39 is 0 Å². The van der Waals surface area contributed by atoms with Gasteiger partial charge in [0, 0.05) is 5.56 Å². The summed E-state index contributed by atoms with van der Waals surface area (Å²) in [6, 6.07) is 10.9. The van der Waals surface area contributed by atoms with Crippen LogP contribution in [0.25, 0.3) is 6.08 Å². The number of hydrogen-bond donors (Lipinski definition) is 0. The van der Waals surface area contributed by atoms with Gasteiger partial charge in [-0.05, 0) is 68.3 Å². The highest BCUT2D eigenvalue weighted by Gasteiger charge is 2.14. The minimum Gasteiger partial charge on any atom is -0.493 e. The third-order valence-electron chi connectivity index (χ3n) is 4.10. The van der Waals surface area contributed by atoms with Crippen LogP contribution in [0, 0.1) is 0 Å². The van der Waals surface area contributed by atoms with Crippen LogP contribution in [-0.2, 0) is 6.42 Å². The largest absolute Gasteiger partial charge is 0.493 e. The minimum atomic E-state index is -0.112. The molecule has 0 radical (unpaired) electrons. The zero-order valence-electron chi connectivity index (χ0n) is 17.1. The molecule has 0 heterocycles. The maximum absolute atomic E-state index is 12.7. The molecule has 2 aromatic rings. The molecule has 0 fully saturated rings. The second-order valence-corrected chi connectivity index (χ2v) is 6.15. The predicted octanol–water partition coefficient (Wildman–Crippen LogP) is 5.67. The normalized spacial score (nSPS) is 10.6. The molecule has 0 aromatic heterocycles. The van der Waals surface area contributed by atoms with E-state index >= 15 is 0 Å². The number of rotatable bonds is 12. The van der Waals surface area contributed by atoms with Crippen LogP contribution in [0.4, 0.5) is 0 Å². The van der Waals surface area contributed by atoms with Gasteiger partial charge in [-0.2, -0.15) is 0 Å². The summed E-state index contributed by atoms with van der Waals surface area (Å²) in [6.07, 6.45) is 7.47.